The highest BCUT2D eigenvalue weighted by molar-refractivity contribution is 7.98. The van der Waals surface area contributed by atoms with Crippen molar-refractivity contribution in [2.75, 3.05) is 30.3 Å². The van der Waals surface area contributed by atoms with Gasteiger partial charge in [-0.3, -0.25) is 9.10 Å². The summed E-state index contributed by atoms with van der Waals surface area (Å²) in [5.74, 6) is 0.0646. The van der Waals surface area contributed by atoms with Crippen LogP contribution >= 0.6 is 11.8 Å². The van der Waals surface area contributed by atoms with Crippen LogP contribution in [-0.2, 0) is 14.8 Å². The quantitative estimate of drug-likeness (QED) is 0.427. The van der Waals surface area contributed by atoms with E-state index in [4.69, 9.17) is 4.74 Å². The normalized spacial score (nSPS) is 11.1. The molecule has 0 heterocycles. The van der Waals surface area contributed by atoms with Crippen molar-refractivity contribution in [2.24, 2.45) is 0 Å². The first-order valence-corrected chi connectivity index (χ1v) is 12.3. The summed E-state index contributed by atoms with van der Waals surface area (Å²) in [5, 5.41) is 2.79. The Morgan fingerprint density at radius 3 is 2.41 bits per heavy atom. The SMILES string of the molecule is CCCCNC(=O)CN(c1ccccc1OCC)S(=O)(=O)c1ccc(SC)cc1. The maximum Gasteiger partial charge on any atom is 0.264 e. The molecule has 0 saturated carbocycles. The molecule has 158 valence electrons. The highest BCUT2D eigenvalue weighted by atomic mass is 32.2. The molecule has 0 aliphatic carbocycles. The van der Waals surface area contributed by atoms with Crippen molar-refractivity contribution in [2.45, 2.75) is 36.5 Å². The second-order valence-electron chi connectivity index (χ2n) is 6.29. The number of thioether (sulfide) groups is 1. The predicted octanol–water partition coefficient (Wildman–Crippen LogP) is 3.92. The number of amides is 1. The molecule has 6 nitrogen and oxygen atoms in total. The molecule has 0 unspecified atom stereocenters. The fourth-order valence-electron chi connectivity index (χ4n) is 2.71. The molecule has 1 N–H and O–H groups in total. The van der Waals surface area contributed by atoms with Crippen LogP contribution in [0.15, 0.2) is 58.3 Å². The van der Waals surface area contributed by atoms with Crippen LogP contribution in [0.1, 0.15) is 26.7 Å². The Morgan fingerprint density at radius 2 is 1.79 bits per heavy atom. The minimum Gasteiger partial charge on any atom is -0.492 e. The Labute approximate surface area is 177 Å². The highest BCUT2D eigenvalue weighted by Crippen LogP contribution is 2.32. The lowest BCUT2D eigenvalue weighted by atomic mass is 10.3. The van der Waals surface area contributed by atoms with Crippen molar-refractivity contribution in [3.8, 4) is 5.75 Å². The summed E-state index contributed by atoms with van der Waals surface area (Å²) in [6.45, 7) is 4.43. The monoisotopic (exact) mass is 436 g/mol. The van der Waals surface area contributed by atoms with Crippen LogP contribution in [0.25, 0.3) is 0 Å². The van der Waals surface area contributed by atoms with Gasteiger partial charge >= 0.3 is 0 Å². The highest BCUT2D eigenvalue weighted by Gasteiger charge is 2.29. The van der Waals surface area contributed by atoms with Gasteiger partial charge in [0, 0.05) is 11.4 Å². The lowest BCUT2D eigenvalue weighted by Gasteiger charge is -2.26. The lowest BCUT2D eigenvalue weighted by molar-refractivity contribution is -0.119. The van der Waals surface area contributed by atoms with Crippen LogP contribution < -0.4 is 14.4 Å². The number of ether oxygens (including phenoxy) is 1. The van der Waals surface area contributed by atoms with Crippen LogP contribution in [0, 0.1) is 0 Å². The van der Waals surface area contributed by atoms with Gasteiger partial charge in [-0.1, -0.05) is 25.5 Å². The van der Waals surface area contributed by atoms with Crippen LogP contribution in [-0.4, -0.2) is 40.3 Å². The summed E-state index contributed by atoms with van der Waals surface area (Å²) in [6.07, 6.45) is 3.70. The van der Waals surface area contributed by atoms with E-state index in [1.165, 1.54) is 11.8 Å². The van der Waals surface area contributed by atoms with Gasteiger partial charge in [-0.05, 0) is 56.0 Å². The Bertz CT molecular complexity index is 899. The molecule has 0 aliphatic rings. The van der Waals surface area contributed by atoms with E-state index in [2.05, 4.69) is 5.32 Å². The minimum atomic E-state index is -3.96. The molecular formula is C21H28N2O4S2. The number of nitrogens with zero attached hydrogens (tertiary/aromatic N) is 1. The summed E-state index contributed by atoms with van der Waals surface area (Å²) in [4.78, 5) is 13.6. The van der Waals surface area contributed by atoms with Gasteiger partial charge in [0.15, 0.2) is 0 Å². The van der Waals surface area contributed by atoms with Gasteiger partial charge in [0.05, 0.1) is 17.2 Å². The molecule has 0 bridgehead atoms. The molecule has 2 aromatic rings. The maximum absolute atomic E-state index is 13.4. The van der Waals surface area contributed by atoms with Crippen molar-refractivity contribution in [1.82, 2.24) is 5.32 Å². The number of anilines is 1. The van der Waals surface area contributed by atoms with Gasteiger partial charge in [-0.15, -0.1) is 11.8 Å². The zero-order chi connectivity index (χ0) is 21.3. The van der Waals surface area contributed by atoms with Crippen LogP contribution in [0.4, 0.5) is 5.69 Å². The van der Waals surface area contributed by atoms with E-state index < -0.39 is 10.0 Å². The average molecular weight is 437 g/mol. The van der Waals surface area contributed by atoms with Crippen molar-refractivity contribution in [3.05, 3.63) is 48.5 Å². The summed E-state index contributed by atoms with van der Waals surface area (Å²) in [7, 11) is -3.96. The number of sulfonamides is 1. The van der Waals surface area contributed by atoms with E-state index in [1.807, 2.05) is 20.1 Å². The topological polar surface area (TPSA) is 75.7 Å². The number of benzene rings is 2. The fourth-order valence-corrected chi connectivity index (χ4v) is 4.55. The molecule has 1 amide bonds. The number of rotatable bonds is 11. The summed E-state index contributed by atoms with van der Waals surface area (Å²) in [6, 6.07) is 13.5. The second-order valence-corrected chi connectivity index (χ2v) is 9.03. The number of hydrogen-bond acceptors (Lipinski definition) is 5. The largest absolute Gasteiger partial charge is 0.492 e. The van der Waals surface area contributed by atoms with Crippen LogP contribution in [0.5, 0.6) is 5.75 Å². The van der Waals surface area contributed by atoms with Crippen molar-refractivity contribution in [3.63, 3.8) is 0 Å². The first-order valence-electron chi connectivity index (χ1n) is 9.59. The van der Waals surface area contributed by atoms with Crippen molar-refractivity contribution < 1.29 is 17.9 Å². The Kier molecular flexibility index (Phi) is 8.85. The van der Waals surface area contributed by atoms with E-state index in [1.54, 1.807) is 48.5 Å². The fraction of sp³-hybridized carbons (Fsp3) is 0.381. The van der Waals surface area contributed by atoms with Gasteiger partial charge in [0.2, 0.25) is 5.91 Å². The Morgan fingerprint density at radius 1 is 1.10 bits per heavy atom. The molecular weight excluding hydrogens is 408 g/mol. The molecule has 0 fully saturated rings. The molecule has 0 radical (unpaired) electrons. The molecule has 2 aromatic carbocycles. The Balaban J connectivity index is 2.44. The Hall–Kier alpha value is -2.19. The molecule has 0 atom stereocenters. The van der Waals surface area contributed by atoms with E-state index in [0.29, 0.717) is 24.6 Å². The maximum atomic E-state index is 13.4. The van der Waals surface area contributed by atoms with Gasteiger partial charge in [-0.25, -0.2) is 8.42 Å². The zero-order valence-electron chi connectivity index (χ0n) is 17.1. The smallest absolute Gasteiger partial charge is 0.264 e. The summed E-state index contributed by atoms with van der Waals surface area (Å²) < 4.78 is 33.6. The van der Waals surface area contributed by atoms with Gasteiger partial charge < -0.3 is 10.1 Å². The van der Waals surface area contributed by atoms with E-state index in [0.717, 1.165) is 22.0 Å². The van der Waals surface area contributed by atoms with E-state index >= 15 is 0 Å². The number of nitrogens with one attached hydrogen (secondary N) is 1. The van der Waals surface area contributed by atoms with E-state index in [-0.39, 0.29) is 17.3 Å². The molecule has 0 aliphatic heterocycles. The number of hydrogen-bond donors (Lipinski definition) is 1. The number of para-hydroxylation sites is 2. The third-order valence-electron chi connectivity index (χ3n) is 4.22. The molecule has 2 rings (SSSR count). The first-order chi connectivity index (χ1) is 13.9. The van der Waals surface area contributed by atoms with Crippen molar-refractivity contribution >= 4 is 33.4 Å². The number of carbonyl (C=O) groups is 1. The predicted molar refractivity (Wildman–Crippen MR) is 118 cm³/mol. The second kappa shape index (κ2) is 11.1. The third kappa shape index (κ3) is 6.14. The van der Waals surface area contributed by atoms with Gasteiger partial charge in [0.1, 0.15) is 12.3 Å². The zero-order valence-corrected chi connectivity index (χ0v) is 18.7. The average Bonchev–Trinajstić information content (AvgIpc) is 2.73. The van der Waals surface area contributed by atoms with Gasteiger partial charge in [-0.2, -0.15) is 0 Å². The summed E-state index contributed by atoms with van der Waals surface area (Å²) >= 11 is 1.53. The molecule has 0 aromatic heterocycles. The minimum absolute atomic E-state index is 0.128. The molecule has 0 saturated heterocycles. The lowest BCUT2D eigenvalue weighted by Crippen LogP contribution is -2.41. The van der Waals surface area contributed by atoms with Gasteiger partial charge in [0.25, 0.3) is 10.0 Å². The number of unbranched alkanes of at least 4 members (excludes halogenated alkanes) is 1. The standard InChI is InChI=1S/C21H28N2O4S2/c1-4-6-15-22-21(24)16-23(19-9-7-8-10-20(19)27-5-2)29(25,26)18-13-11-17(28-3)12-14-18/h7-14H,4-6,15-16H2,1-3H3,(H,22,24). The molecule has 8 heteroatoms. The van der Waals surface area contributed by atoms with Crippen LogP contribution in [0.3, 0.4) is 0 Å². The summed E-state index contributed by atoms with van der Waals surface area (Å²) in [5.41, 5.74) is 0.342. The molecule has 29 heavy (non-hydrogen) atoms. The number of carbonyl (C=O) groups excluding carboxylic acids is 1. The van der Waals surface area contributed by atoms with E-state index in [9.17, 15) is 13.2 Å². The van der Waals surface area contributed by atoms with Crippen LogP contribution in [0.2, 0.25) is 0 Å². The molecule has 0 spiro atoms. The van der Waals surface area contributed by atoms with Crippen molar-refractivity contribution in [1.29, 1.82) is 0 Å². The first kappa shape index (κ1) is 23.1. The third-order valence-corrected chi connectivity index (χ3v) is 6.74.